The molecule has 13 nitrogen and oxygen atoms in total. The molecule has 0 aliphatic carbocycles. The number of imidazole rings is 1. The molecule has 0 saturated carbocycles. The Morgan fingerprint density at radius 2 is 1.87 bits per heavy atom. The number of fused-ring (bicyclic) bond motifs is 1. The largest absolute Gasteiger partial charge is 0.455 e. The number of nitrogens with zero attached hydrogens (tertiary/aromatic N) is 8. The number of aryl methyl sites for hydroxylation is 1. The van der Waals surface area contributed by atoms with E-state index in [0.717, 1.165) is 0 Å². The summed E-state index contributed by atoms with van der Waals surface area (Å²) >= 11 is 12.1. The fourth-order valence-electron chi connectivity index (χ4n) is 3.26. The monoisotopic (exact) mass is 470 g/mol. The molecule has 15 heteroatoms. The SMILES string of the molecule is CCn1nnc(C2OC(n3cnc4c(Cl)nc(Cl)nc43)C(OC(C)=O)C2OC(C)=O)n1. The van der Waals surface area contributed by atoms with Crippen molar-refractivity contribution in [1.82, 2.24) is 39.7 Å². The Balaban J connectivity index is 1.82. The van der Waals surface area contributed by atoms with Gasteiger partial charge >= 0.3 is 11.9 Å². The van der Waals surface area contributed by atoms with Crippen LogP contribution in [0.25, 0.3) is 11.2 Å². The normalized spacial score (nSPS) is 23.3. The zero-order valence-electron chi connectivity index (χ0n) is 16.5. The van der Waals surface area contributed by atoms with Gasteiger partial charge in [-0.2, -0.15) is 9.78 Å². The Morgan fingerprint density at radius 1 is 1.16 bits per heavy atom. The van der Waals surface area contributed by atoms with Gasteiger partial charge in [0.15, 0.2) is 35.3 Å². The van der Waals surface area contributed by atoms with Crippen molar-refractivity contribution in [3.05, 3.63) is 22.6 Å². The van der Waals surface area contributed by atoms with Gasteiger partial charge in [-0.1, -0.05) is 11.6 Å². The molecule has 0 spiro atoms. The van der Waals surface area contributed by atoms with Crippen LogP contribution in [0.2, 0.25) is 10.4 Å². The Morgan fingerprint density at radius 3 is 2.52 bits per heavy atom. The lowest BCUT2D eigenvalue weighted by Gasteiger charge is -2.23. The highest BCUT2D eigenvalue weighted by atomic mass is 35.5. The Bertz CT molecular complexity index is 1150. The number of carbonyl (C=O) groups is 2. The van der Waals surface area contributed by atoms with E-state index < -0.39 is 36.5 Å². The van der Waals surface area contributed by atoms with Gasteiger partial charge in [0.1, 0.15) is 5.52 Å². The van der Waals surface area contributed by atoms with Crippen molar-refractivity contribution in [2.45, 2.75) is 51.9 Å². The summed E-state index contributed by atoms with van der Waals surface area (Å²) in [6.07, 6.45) is -2.76. The first-order valence-electron chi connectivity index (χ1n) is 9.11. The molecule has 4 heterocycles. The summed E-state index contributed by atoms with van der Waals surface area (Å²) in [6, 6.07) is 0. The molecule has 164 valence electrons. The van der Waals surface area contributed by atoms with Crippen LogP contribution >= 0.6 is 23.2 Å². The van der Waals surface area contributed by atoms with Crippen molar-refractivity contribution in [2.24, 2.45) is 0 Å². The predicted octanol–water partition coefficient (Wildman–Crippen LogP) is 1.27. The molecule has 1 saturated heterocycles. The Labute approximate surface area is 184 Å². The fourth-order valence-corrected chi connectivity index (χ4v) is 3.68. The van der Waals surface area contributed by atoms with Crippen molar-refractivity contribution < 1.29 is 23.8 Å². The van der Waals surface area contributed by atoms with Crippen LogP contribution in [0.3, 0.4) is 0 Å². The minimum absolute atomic E-state index is 0.0384. The highest BCUT2D eigenvalue weighted by Gasteiger charge is 2.53. The molecule has 4 atom stereocenters. The van der Waals surface area contributed by atoms with Gasteiger partial charge in [0, 0.05) is 13.8 Å². The number of carbonyl (C=O) groups excluding carboxylic acids is 2. The van der Waals surface area contributed by atoms with Gasteiger partial charge in [0.25, 0.3) is 0 Å². The average Bonchev–Trinajstić information content (AvgIpc) is 3.39. The second-order valence-corrected chi connectivity index (χ2v) is 7.24. The van der Waals surface area contributed by atoms with Crippen LogP contribution in [0, 0.1) is 0 Å². The molecule has 31 heavy (non-hydrogen) atoms. The average molecular weight is 471 g/mol. The smallest absolute Gasteiger partial charge is 0.303 e. The molecule has 1 aliphatic rings. The standard InChI is InChI=1S/C16H16Cl2N8O5/c1-4-26-23-13(22-24-26)10-9(29-6(2)27)11(30-7(3)28)15(31-10)25-5-19-8-12(17)20-16(18)21-14(8)25/h5,9-11,15H,4H2,1-3H3. The van der Waals surface area contributed by atoms with Gasteiger partial charge in [-0.05, 0) is 23.7 Å². The van der Waals surface area contributed by atoms with Crippen molar-refractivity contribution in [1.29, 1.82) is 0 Å². The molecule has 1 aliphatic heterocycles. The summed E-state index contributed by atoms with van der Waals surface area (Å²) < 4.78 is 18.5. The third-order valence-electron chi connectivity index (χ3n) is 4.42. The third-order valence-corrected chi connectivity index (χ3v) is 4.86. The van der Waals surface area contributed by atoms with Gasteiger partial charge in [0.2, 0.25) is 11.1 Å². The van der Waals surface area contributed by atoms with Crippen LogP contribution in [-0.4, -0.2) is 63.9 Å². The molecule has 4 rings (SSSR count). The molecule has 0 bridgehead atoms. The number of tetrazole rings is 1. The molecular weight excluding hydrogens is 455 g/mol. The summed E-state index contributed by atoms with van der Waals surface area (Å²) in [4.78, 5) is 37.2. The lowest BCUT2D eigenvalue weighted by Crippen LogP contribution is -2.37. The first-order chi connectivity index (χ1) is 14.8. The number of aromatic nitrogens is 8. The molecule has 1 fully saturated rings. The van der Waals surface area contributed by atoms with E-state index in [1.165, 1.54) is 29.5 Å². The van der Waals surface area contributed by atoms with Crippen molar-refractivity contribution in [2.75, 3.05) is 0 Å². The molecule has 3 aromatic rings. The first-order valence-corrected chi connectivity index (χ1v) is 9.87. The summed E-state index contributed by atoms with van der Waals surface area (Å²) in [5, 5.41) is 12.1. The second kappa shape index (κ2) is 8.32. The quantitative estimate of drug-likeness (QED) is 0.301. The fraction of sp³-hybridized carbons (Fsp3) is 0.500. The van der Waals surface area contributed by atoms with Crippen LogP contribution in [-0.2, 0) is 30.3 Å². The summed E-state index contributed by atoms with van der Waals surface area (Å²) in [5.74, 6) is -1.07. The lowest BCUT2D eigenvalue weighted by molar-refractivity contribution is -0.165. The van der Waals surface area contributed by atoms with Crippen molar-refractivity contribution in [3.8, 4) is 0 Å². The number of esters is 2. The van der Waals surface area contributed by atoms with Gasteiger partial charge in [-0.3, -0.25) is 14.2 Å². The van der Waals surface area contributed by atoms with Gasteiger partial charge < -0.3 is 14.2 Å². The third kappa shape index (κ3) is 4.03. The van der Waals surface area contributed by atoms with E-state index in [4.69, 9.17) is 37.4 Å². The summed E-state index contributed by atoms with van der Waals surface area (Å²) in [6.45, 7) is 4.75. The number of hydrogen-bond donors (Lipinski definition) is 0. The number of halogens is 2. The Hall–Kier alpha value is -2.90. The second-order valence-electron chi connectivity index (χ2n) is 6.54. The predicted molar refractivity (Wildman–Crippen MR) is 103 cm³/mol. The van der Waals surface area contributed by atoms with Gasteiger partial charge in [0.05, 0.1) is 12.9 Å². The topological polar surface area (TPSA) is 149 Å². The zero-order valence-corrected chi connectivity index (χ0v) is 18.0. The van der Waals surface area contributed by atoms with Crippen LogP contribution in [0.4, 0.5) is 0 Å². The Kier molecular flexibility index (Phi) is 5.73. The van der Waals surface area contributed by atoms with E-state index in [1.807, 2.05) is 6.92 Å². The highest BCUT2D eigenvalue weighted by Crippen LogP contribution is 2.42. The van der Waals surface area contributed by atoms with Crippen molar-refractivity contribution in [3.63, 3.8) is 0 Å². The maximum atomic E-state index is 11.9. The van der Waals surface area contributed by atoms with E-state index in [9.17, 15) is 9.59 Å². The lowest BCUT2D eigenvalue weighted by atomic mass is 10.1. The van der Waals surface area contributed by atoms with Crippen molar-refractivity contribution >= 4 is 46.3 Å². The minimum Gasteiger partial charge on any atom is -0.455 e. The van der Waals surface area contributed by atoms with Gasteiger partial charge in [-0.15, -0.1) is 10.2 Å². The summed E-state index contributed by atoms with van der Waals surface area (Å²) in [5.41, 5.74) is 0.498. The molecule has 0 radical (unpaired) electrons. The number of rotatable bonds is 5. The minimum atomic E-state index is -1.08. The highest BCUT2D eigenvalue weighted by molar-refractivity contribution is 6.35. The number of hydrogen-bond acceptors (Lipinski definition) is 11. The van der Waals surface area contributed by atoms with Crippen LogP contribution in [0.5, 0.6) is 0 Å². The first kappa shape index (κ1) is 21.3. The maximum Gasteiger partial charge on any atom is 0.303 e. The molecular formula is C16H16Cl2N8O5. The molecule has 3 aromatic heterocycles. The van der Waals surface area contributed by atoms with E-state index in [0.29, 0.717) is 6.54 Å². The van der Waals surface area contributed by atoms with E-state index >= 15 is 0 Å². The van der Waals surface area contributed by atoms with E-state index in [-0.39, 0.29) is 27.4 Å². The maximum absolute atomic E-state index is 11.9. The van der Waals surface area contributed by atoms with Crippen LogP contribution in [0.15, 0.2) is 6.33 Å². The van der Waals surface area contributed by atoms with Crippen LogP contribution < -0.4 is 0 Å². The molecule has 0 aromatic carbocycles. The number of ether oxygens (including phenoxy) is 3. The van der Waals surface area contributed by atoms with E-state index in [1.54, 1.807) is 0 Å². The van der Waals surface area contributed by atoms with Crippen LogP contribution in [0.1, 0.15) is 38.9 Å². The van der Waals surface area contributed by atoms with E-state index in [2.05, 4.69) is 30.4 Å². The molecule has 0 N–H and O–H groups in total. The molecule has 4 unspecified atom stereocenters. The molecule has 0 amide bonds. The zero-order chi connectivity index (χ0) is 22.3. The van der Waals surface area contributed by atoms with Gasteiger partial charge in [-0.25, -0.2) is 9.97 Å². The summed E-state index contributed by atoms with van der Waals surface area (Å²) in [7, 11) is 0.